The van der Waals surface area contributed by atoms with Crippen LogP contribution in [-0.4, -0.2) is 22.6 Å². The SMILES string of the molecule is CCC1=C(C(=O)OC)[C@H](c2ccccc2)n2c(s/c(=C/c3cc(Br)c(OCc4ccc(Br)cc4)c([N+](=O)[O-])c3)c2=O)=N1. The molecule has 0 spiro atoms. The number of rotatable bonds is 8. The van der Waals surface area contributed by atoms with Gasteiger partial charge in [-0.05, 0) is 63.3 Å². The molecule has 0 radical (unpaired) electrons. The number of thiazole rings is 1. The van der Waals surface area contributed by atoms with Gasteiger partial charge < -0.3 is 9.47 Å². The Morgan fingerprint density at radius 1 is 1.14 bits per heavy atom. The highest BCUT2D eigenvalue weighted by atomic mass is 79.9. The monoisotopic (exact) mass is 711 g/mol. The second-order valence-corrected chi connectivity index (χ2v) is 12.0. The topological polar surface area (TPSA) is 113 Å². The van der Waals surface area contributed by atoms with E-state index in [1.165, 1.54) is 17.7 Å². The van der Waals surface area contributed by atoms with E-state index in [-0.39, 0.29) is 23.6 Å². The summed E-state index contributed by atoms with van der Waals surface area (Å²) in [6.07, 6.45) is 2.04. The predicted molar refractivity (Wildman–Crippen MR) is 166 cm³/mol. The number of esters is 1. The summed E-state index contributed by atoms with van der Waals surface area (Å²) < 4.78 is 14.0. The van der Waals surface area contributed by atoms with Crippen molar-refractivity contribution in [3.63, 3.8) is 0 Å². The standard InChI is InChI=1S/C30H23Br2N3O6S/c1-3-22-25(29(37)40-2)26(19-7-5-4-6-8-19)34-28(36)24(42-30(34)33-22)15-18-13-21(32)27(23(14-18)35(38)39)41-16-17-9-11-20(31)12-10-17/h4-15,26H,3,16H2,1-2H3/b24-15+/t26-/m0/s1. The van der Waals surface area contributed by atoms with Gasteiger partial charge in [0.15, 0.2) is 4.80 Å². The molecule has 12 heteroatoms. The quantitative estimate of drug-likeness (QED) is 0.130. The van der Waals surface area contributed by atoms with Gasteiger partial charge in [-0.3, -0.25) is 19.5 Å². The largest absolute Gasteiger partial charge is 0.481 e. The first kappa shape index (κ1) is 29.6. The molecule has 0 fully saturated rings. The van der Waals surface area contributed by atoms with Crippen LogP contribution in [0.5, 0.6) is 5.75 Å². The second-order valence-electron chi connectivity index (χ2n) is 9.22. The summed E-state index contributed by atoms with van der Waals surface area (Å²) in [7, 11) is 1.30. The molecule has 214 valence electrons. The van der Waals surface area contributed by atoms with Crippen molar-refractivity contribution in [2.45, 2.75) is 26.0 Å². The maximum absolute atomic E-state index is 13.8. The Balaban J connectivity index is 1.61. The minimum atomic E-state index is -0.734. The van der Waals surface area contributed by atoms with Crippen LogP contribution in [0.3, 0.4) is 0 Å². The van der Waals surface area contributed by atoms with E-state index in [9.17, 15) is 19.7 Å². The van der Waals surface area contributed by atoms with Crippen molar-refractivity contribution in [2.75, 3.05) is 7.11 Å². The van der Waals surface area contributed by atoms with Crippen LogP contribution in [0.15, 0.2) is 96.7 Å². The Morgan fingerprint density at radius 3 is 2.50 bits per heavy atom. The van der Waals surface area contributed by atoms with Crippen LogP contribution in [0.2, 0.25) is 0 Å². The summed E-state index contributed by atoms with van der Waals surface area (Å²) in [6.45, 7) is 2.02. The number of allylic oxidation sites excluding steroid dienone is 1. The minimum Gasteiger partial charge on any atom is -0.481 e. The molecule has 1 aromatic heterocycles. The van der Waals surface area contributed by atoms with Crippen molar-refractivity contribution < 1.29 is 19.2 Å². The second kappa shape index (κ2) is 12.6. The Morgan fingerprint density at radius 2 is 1.86 bits per heavy atom. The summed E-state index contributed by atoms with van der Waals surface area (Å²) in [4.78, 5) is 43.3. The molecule has 0 N–H and O–H groups in total. The fourth-order valence-electron chi connectivity index (χ4n) is 4.66. The van der Waals surface area contributed by atoms with Gasteiger partial charge in [-0.15, -0.1) is 0 Å². The number of nitro benzene ring substituents is 1. The van der Waals surface area contributed by atoms with Crippen molar-refractivity contribution in [1.82, 2.24) is 4.57 Å². The Labute approximate surface area is 260 Å². The number of carbonyl (C=O) groups is 1. The molecular weight excluding hydrogens is 690 g/mol. The molecule has 0 unspecified atom stereocenters. The van der Waals surface area contributed by atoms with Crippen LogP contribution in [-0.2, 0) is 16.1 Å². The van der Waals surface area contributed by atoms with Crippen molar-refractivity contribution in [1.29, 1.82) is 0 Å². The van der Waals surface area contributed by atoms with Gasteiger partial charge in [0.05, 0.1) is 38.4 Å². The van der Waals surface area contributed by atoms with Gasteiger partial charge in [0, 0.05) is 10.5 Å². The zero-order valence-corrected chi connectivity index (χ0v) is 26.4. The van der Waals surface area contributed by atoms with Gasteiger partial charge in [0.25, 0.3) is 5.56 Å². The van der Waals surface area contributed by atoms with Crippen LogP contribution in [0.4, 0.5) is 5.69 Å². The van der Waals surface area contributed by atoms with Gasteiger partial charge in [-0.25, -0.2) is 9.79 Å². The van der Waals surface area contributed by atoms with Crippen LogP contribution in [0, 0.1) is 10.1 Å². The van der Waals surface area contributed by atoms with E-state index >= 15 is 0 Å². The summed E-state index contributed by atoms with van der Waals surface area (Å²) in [5.41, 5.74) is 2.22. The number of ether oxygens (including phenoxy) is 2. The molecule has 3 aromatic carbocycles. The highest BCUT2D eigenvalue weighted by Crippen LogP contribution is 2.37. The van der Waals surface area contributed by atoms with Crippen LogP contribution in [0.25, 0.3) is 6.08 Å². The average molecular weight is 713 g/mol. The minimum absolute atomic E-state index is 0.0842. The maximum atomic E-state index is 13.8. The van der Waals surface area contributed by atoms with Crippen LogP contribution in [0.1, 0.15) is 36.1 Å². The zero-order valence-electron chi connectivity index (χ0n) is 22.4. The van der Waals surface area contributed by atoms with E-state index < -0.39 is 16.9 Å². The third-order valence-electron chi connectivity index (χ3n) is 6.60. The Hall–Kier alpha value is -3.87. The highest BCUT2D eigenvalue weighted by molar-refractivity contribution is 9.10. The van der Waals surface area contributed by atoms with E-state index in [1.54, 1.807) is 12.1 Å². The first-order valence-corrected chi connectivity index (χ1v) is 15.1. The van der Waals surface area contributed by atoms with Gasteiger partial charge >= 0.3 is 11.7 Å². The van der Waals surface area contributed by atoms with Crippen molar-refractivity contribution in [3.05, 3.63) is 133 Å². The molecule has 0 bridgehead atoms. The number of hydrogen-bond acceptors (Lipinski definition) is 8. The first-order valence-electron chi connectivity index (χ1n) is 12.7. The molecule has 1 atom stereocenters. The van der Waals surface area contributed by atoms with Crippen molar-refractivity contribution >= 4 is 60.9 Å². The number of aromatic nitrogens is 1. The summed E-state index contributed by atoms with van der Waals surface area (Å²) in [5.74, 6) is -0.474. The smallest absolute Gasteiger partial charge is 0.338 e. The predicted octanol–water partition coefficient (Wildman–Crippen LogP) is 5.81. The van der Waals surface area contributed by atoms with E-state index in [0.717, 1.165) is 26.9 Å². The summed E-state index contributed by atoms with van der Waals surface area (Å²) in [5, 5.41) is 12.0. The summed E-state index contributed by atoms with van der Waals surface area (Å²) in [6, 6.07) is 18.9. The van der Waals surface area contributed by atoms with E-state index in [0.29, 0.717) is 37.1 Å². The van der Waals surface area contributed by atoms with Crippen molar-refractivity contribution in [2.24, 2.45) is 4.99 Å². The molecular formula is C30H23Br2N3O6S. The molecule has 1 aliphatic heterocycles. The third kappa shape index (κ3) is 5.87. The van der Waals surface area contributed by atoms with Gasteiger partial charge in [0.2, 0.25) is 5.75 Å². The number of halogens is 2. The lowest BCUT2D eigenvalue weighted by Gasteiger charge is -2.25. The van der Waals surface area contributed by atoms with Crippen LogP contribution >= 0.6 is 43.2 Å². The number of hydrogen-bond donors (Lipinski definition) is 0. The van der Waals surface area contributed by atoms with Crippen LogP contribution < -0.4 is 19.6 Å². The molecule has 9 nitrogen and oxygen atoms in total. The zero-order chi connectivity index (χ0) is 30.0. The number of fused-ring (bicyclic) bond motifs is 1. The van der Waals surface area contributed by atoms with Gasteiger partial charge in [-0.2, -0.15) is 0 Å². The molecule has 5 rings (SSSR count). The van der Waals surface area contributed by atoms with Gasteiger partial charge in [-0.1, -0.05) is 76.7 Å². The first-order chi connectivity index (χ1) is 20.2. The fourth-order valence-corrected chi connectivity index (χ4v) is 6.53. The normalized spacial score (nSPS) is 14.8. The van der Waals surface area contributed by atoms with E-state index in [1.807, 2.05) is 61.5 Å². The molecule has 2 heterocycles. The lowest BCUT2D eigenvalue weighted by molar-refractivity contribution is -0.386. The molecule has 0 saturated carbocycles. The van der Waals surface area contributed by atoms with Crippen molar-refractivity contribution in [3.8, 4) is 5.75 Å². The lowest BCUT2D eigenvalue weighted by atomic mass is 9.95. The number of nitro groups is 1. The average Bonchev–Trinajstić information content (AvgIpc) is 3.30. The number of carbonyl (C=O) groups excluding carboxylic acids is 1. The van der Waals surface area contributed by atoms with Gasteiger partial charge in [0.1, 0.15) is 6.61 Å². The summed E-state index contributed by atoms with van der Waals surface area (Å²) >= 11 is 7.95. The maximum Gasteiger partial charge on any atom is 0.338 e. The Bertz CT molecular complexity index is 1900. The fraction of sp³-hybridized carbons (Fsp3) is 0.167. The molecule has 0 aliphatic carbocycles. The highest BCUT2D eigenvalue weighted by Gasteiger charge is 2.33. The van der Waals surface area contributed by atoms with E-state index in [4.69, 9.17) is 9.47 Å². The van der Waals surface area contributed by atoms with E-state index in [2.05, 4.69) is 36.9 Å². The molecule has 42 heavy (non-hydrogen) atoms. The number of benzene rings is 3. The molecule has 0 amide bonds. The number of methoxy groups -OCH3 is 1. The Kier molecular flexibility index (Phi) is 8.85. The lowest BCUT2D eigenvalue weighted by Crippen LogP contribution is -2.40. The third-order valence-corrected chi connectivity index (χ3v) is 8.70. The molecule has 4 aromatic rings. The number of nitrogens with zero attached hydrogens (tertiary/aromatic N) is 3. The molecule has 0 saturated heterocycles. The molecule has 1 aliphatic rings.